The Morgan fingerprint density at radius 3 is 2.53 bits per heavy atom. The van der Waals surface area contributed by atoms with Gasteiger partial charge in [0.15, 0.2) is 5.25 Å². The van der Waals surface area contributed by atoms with Gasteiger partial charge in [-0.3, -0.25) is 0 Å². The highest BCUT2D eigenvalue weighted by Crippen LogP contribution is 2.06. The van der Waals surface area contributed by atoms with Gasteiger partial charge in [0.2, 0.25) is 10.0 Å². The second-order valence-electron chi connectivity index (χ2n) is 3.11. The number of nitriles is 2. The van der Waals surface area contributed by atoms with Crippen LogP contribution in [0.2, 0.25) is 0 Å². The van der Waals surface area contributed by atoms with Gasteiger partial charge in [0.05, 0.1) is 12.1 Å². The monoisotopic (exact) mass is 229 g/mol. The Morgan fingerprint density at radius 2 is 2.07 bits per heavy atom. The molecule has 5 nitrogen and oxygen atoms in total. The summed E-state index contributed by atoms with van der Waals surface area (Å²) in [4.78, 5) is 0. The van der Waals surface area contributed by atoms with E-state index in [2.05, 4.69) is 4.72 Å². The second kappa shape index (κ2) is 7.22. The summed E-state index contributed by atoms with van der Waals surface area (Å²) in [5.41, 5.74) is 0. The van der Waals surface area contributed by atoms with Crippen molar-refractivity contribution in [3.05, 3.63) is 0 Å². The van der Waals surface area contributed by atoms with Crippen LogP contribution in [-0.2, 0) is 10.0 Å². The summed E-state index contributed by atoms with van der Waals surface area (Å²) in [6, 6.07) is 3.69. The van der Waals surface area contributed by atoms with E-state index in [1.54, 1.807) is 6.07 Å². The fourth-order valence-corrected chi connectivity index (χ4v) is 2.35. The third kappa shape index (κ3) is 5.36. The minimum atomic E-state index is -3.54. The predicted octanol–water partition coefficient (Wildman–Crippen LogP) is 0.902. The van der Waals surface area contributed by atoms with Crippen molar-refractivity contribution in [3.8, 4) is 12.1 Å². The SMILES string of the molecule is CCCC(C#N)S(=O)(=O)NCCCC#N. The van der Waals surface area contributed by atoms with Gasteiger partial charge in [0.25, 0.3) is 0 Å². The van der Waals surface area contributed by atoms with Gasteiger partial charge in [-0.05, 0) is 12.8 Å². The Bertz CT molecular complexity index is 351. The minimum Gasteiger partial charge on any atom is -0.214 e. The first-order chi connectivity index (χ1) is 7.08. The molecule has 0 aliphatic heterocycles. The molecule has 0 radical (unpaired) electrons. The molecular weight excluding hydrogens is 214 g/mol. The van der Waals surface area contributed by atoms with Crippen LogP contribution in [0.25, 0.3) is 0 Å². The van der Waals surface area contributed by atoms with E-state index in [9.17, 15) is 8.42 Å². The van der Waals surface area contributed by atoms with Gasteiger partial charge >= 0.3 is 0 Å². The molecule has 1 atom stereocenters. The van der Waals surface area contributed by atoms with Crippen molar-refractivity contribution in [1.29, 1.82) is 10.5 Å². The lowest BCUT2D eigenvalue weighted by Crippen LogP contribution is -2.34. The molecule has 1 unspecified atom stereocenters. The highest BCUT2D eigenvalue weighted by atomic mass is 32.2. The lowest BCUT2D eigenvalue weighted by molar-refractivity contribution is 0.567. The quantitative estimate of drug-likeness (QED) is 0.656. The van der Waals surface area contributed by atoms with Crippen molar-refractivity contribution < 1.29 is 8.42 Å². The molecular formula is C9H15N3O2S. The summed E-state index contributed by atoms with van der Waals surface area (Å²) in [6.07, 6.45) is 1.77. The Balaban J connectivity index is 4.17. The lowest BCUT2D eigenvalue weighted by atomic mass is 10.3. The third-order valence-electron chi connectivity index (χ3n) is 1.84. The summed E-state index contributed by atoms with van der Waals surface area (Å²) < 4.78 is 25.3. The molecule has 0 aromatic carbocycles. The fourth-order valence-electron chi connectivity index (χ4n) is 1.03. The molecule has 0 rings (SSSR count). The summed E-state index contributed by atoms with van der Waals surface area (Å²) in [5, 5.41) is 15.9. The average Bonchev–Trinajstić information content (AvgIpc) is 2.20. The lowest BCUT2D eigenvalue weighted by Gasteiger charge is -2.09. The Kier molecular flexibility index (Phi) is 6.68. The van der Waals surface area contributed by atoms with Crippen molar-refractivity contribution in [2.75, 3.05) is 6.54 Å². The van der Waals surface area contributed by atoms with E-state index >= 15 is 0 Å². The zero-order valence-corrected chi connectivity index (χ0v) is 9.55. The number of sulfonamides is 1. The van der Waals surface area contributed by atoms with Gasteiger partial charge in [-0.2, -0.15) is 10.5 Å². The Labute approximate surface area is 90.8 Å². The van der Waals surface area contributed by atoms with Crippen molar-refractivity contribution in [3.63, 3.8) is 0 Å². The van der Waals surface area contributed by atoms with E-state index in [-0.39, 0.29) is 6.54 Å². The van der Waals surface area contributed by atoms with Crippen LogP contribution < -0.4 is 4.72 Å². The molecule has 0 heterocycles. The molecule has 0 saturated carbocycles. The van der Waals surface area contributed by atoms with E-state index < -0.39 is 15.3 Å². The van der Waals surface area contributed by atoms with Crippen LogP contribution in [0.5, 0.6) is 0 Å². The van der Waals surface area contributed by atoms with E-state index in [0.29, 0.717) is 25.7 Å². The first-order valence-electron chi connectivity index (χ1n) is 4.83. The molecule has 0 amide bonds. The molecule has 0 bridgehead atoms. The van der Waals surface area contributed by atoms with Gasteiger partial charge in [-0.25, -0.2) is 13.1 Å². The normalized spacial score (nSPS) is 12.7. The molecule has 84 valence electrons. The standard InChI is InChI=1S/C9H15N3O2S/c1-2-5-9(8-11)15(13,14)12-7-4-3-6-10/h9,12H,2-5,7H2,1H3. The molecule has 0 fully saturated rings. The topological polar surface area (TPSA) is 93.8 Å². The van der Waals surface area contributed by atoms with Gasteiger partial charge < -0.3 is 0 Å². The smallest absolute Gasteiger partial charge is 0.214 e. The molecule has 0 spiro atoms. The summed E-state index contributed by atoms with van der Waals surface area (Å²) in [6.45, 7) is 2.05. The zero-order valence-electron chi connectivity index (χ0n) is 8.73. The van der Waals surface area contributed by atoms with Gasteiger partial charge in [-0.15, -0.1) is 0 Å². The Hall–Kier alpha value is -1.11. The number of nitrogens with zero attached hydrogens (tertiary/aromatic N) is 2. The van der Waals surface area contributed by atoms with Crippen LogP contribution in [0.4, 0.5) is 0 Å². The maximum Gasteiger partial charge on any atom is 0.227 e. The van der Waals surface area contributed by atoms with Crippen LogP contribution >= 0.6 is 0 Å². The van der Waals surface area contributed by atoms with Gasteiger partial charge in [0, 0.05) is 13.0 Å². The highest BCUT2D eigenvalue weighted by molar-refractivity contribution is 7.90. The van der Waals surface area contributed by atoms with Crippen molar-refractivity contribution in [2.45, 2.75) is 37.9 Å². The third-order valence-corrected chi connectivity index (χ3v) is 3.53. The van der Waals surface area contributed by atoms with E-state index in [4.69, 9.17) is 10.5 Å². The summed E-state index contributed by atoms with van der Waals surface area (Å²) in [5.74, 6) is 0. The van der Waals surface area contributed by atoms with E-state index in [0.717, 1.165) is 0 Å². The number of rotatable bonds is 7. The minimum absolute atomic E-state index is 0.220. The molecule has 15 heavy (non-hydrogen) atoms. The number of unbranched alkanes of at least 4 members (excludes halogenated alkanes) is 1. The molecule has 0 saturated heterocycles. The second-order valence-corrected chi connectivity index (χ2v) is 5.06. The van der Waals surface area contributed by atoms with E-state index in [1.165, 1.54) is 0 Å². The van der Waals surface area contributed by atoms with Crippen LogP contribution in [0.1, 0.15) is 32.6 Å². The van der Waals surface area contributed by atoms with Crippen molar-refractivity contribution in [2.24, 2.45) is 0 Å². The summed E-state index contributed by atoms with van der Waals surface area (Å²) in [7, 11) is -3.54. The molecule has 0 aromatic heterocycles. The number of hydrogen-bond acceptors (Lipinski definition) is 4. The zero-order chi connectivity index (χ0) is 11.7. The number of hydrogen-bond donors (Lipinski definition) is 1. The van der Waals surface area contributed by atoms with Gasteiger partial charge in [-0.1, -0.05) is 13.3 Å². The molecule has 0 aliphatic carbocycles. The van der Waals surface area contributed by atoms with E-state index in [1.807, 2.05) is 13.0 Å². The van der Waals surface area contributed by atoms with Crippen molar-refractivity contribution >= 4 is 10.0 Å². The maximum absolute atomic E-state index is 11.5. The van der Waals surface area contributed by atoms with Crippen LogP contribution in [0, 0.1) is 22.7 Å². The highest BCUT2D eigenvalue weighted by Gasteiger charge is 2.23. The first-order valence-corrected chi connectivity index (χ1v) is 6.38. The molecule has 0 aliphatic rings. The fraction of sp³-hybridized carbons (Fsp3) is 0.778. The van der Waals surface area contributed by atoms with Crippen LogP contribution in [-0.4, -0.2) is 20.2 Å². The van der Waals surface area contributed by atoms with Crippen LogP contribution in [0.3, 0.4) is 0 Å². The average molecular weight is 229 g/mol. The first kappa shape index (κ1) is 13.9. The summed E-state index contributed by atoms with van der Waals surface area (Å²) >= 11 is 0. The molecule has 0 aromatic rings. The maximum atomic E-state index is 11.5. The van der Waals surface area contributed by atoms with Gasteiger partial charge in [0.1, 0.15) is 0 Å². The van der Waals surface area contributed by atoms with Crippen molar-refractivity contribution in [1.82, 2.24) is 4.72 Å². The number of nitrogens with one attached hydrogen (secondary N) is 1. The Morgan fingerprint density at radius 1 is 1.40 bits per heavy atom. The molecule has 6 heteroatoms. The predicted molar refractivity (Wildman–Crippen MR) is 56.1 cm³/mol. The van der Waals surface area contributed by atoms with Crippen LogP contribution in [0.15, 0.2) is 0 Å². The largest absolute Gasteiger partial charge is 0.227 e. The molecule has 1 N–H and O–H groups in total.